The summed E-state index contributed by atoms with van der Waals surface area (Å²) in [5.41, 5.74) is -6.20. The van der Waals surface area contributed by atoms with Crippen molar-refractivity contribution in [1.29, 1.82) is 0 Å². The Morgan fingerprint density at radius 2 is 1.65 bits per heavy atom. The van der Waals surface area contributed by atoms with E-state index < -0.39 is 96.8 Å². The number of carbonyl (C=O) groups is 4. The largest absolute Gasteiger partial charge is 0.509 e. The van der Waals surface area contributed by atoms with Gasteiger partial charge in [0.1, 0.15) is 18.3 Å². The van der Waals surface area contributed by atoms with Gasteiger partial charge in [0.25, 0.3) is 0 Å². The SMILES string of the molecule is CC[Si](CC)(CC)O[C@H]1C[C@H]2OC[C@@]2(OC(C)=O)[C@H]2[C@H](OC(=O)c3ccccc3)[C@]34OC(=O)O[C@H]3[C@H](O)C(C)=C([C@@H](O)C(=O)[C@]12C)C4(C)C. The van der Waals surface area contributed by atoms with E-state index in [9.17, 15) is 24.6 Å². The van der Waals surface area contributed by atoms with Crippen LogP contribution in [0.25, 0.3) is 0 Å². The van der Waals surface area contributed by atoms with Crippen molar-refractivity contribution in [3.05, 3.63) is 47.0 Å². The average Bonchev–Trinajstić information content (AvgIpc) is 3.44. The highest BCUT2D eigenvalue weighted by atomic mass is 28.4. The summed E-state index contributed by atoms with van der Waals surface area (Å²) in [6.07, 6.45) is -8.96. The highest BCUT2D eigenvalue weighted by molar-refractivity contribution is 6.73. The highest BCUT2D eigenvalue weighted by Crippen LogP contribution is 2.67. The minimum absolute atomic E-state index is 0.136. The van der Waals surface area contributed by atoms with Crippen LogP contribution in [-0.2, 0) is 37.7 Å². The third-order valence-corrected chi connectivity index (χ3v) is 17.4. The predicted molar refractivity (Wildman–Crippen MR) is 176 cm³/mol. The fourth-order valence-corrected chi connectivity index (χ4v) is 12.8. The van der Waals surface area contributed by atoms with Crippen LogP contribution in [0.5, 0.6) is 0 Å². The normalized spacial score (nSPS) is 39.2. The number of benzene rings is 1. The summed E-state index contributed by atoms with van der Waals surface area (Å²) in [7, 11) is -2.49. The molecule has 2 N–H and O–H groups in total. The molecule has 5 aliphatic rings. The van der Waals surface area contributed by atoms with Crippen LogP contribution in [-0.4, -0.2) is 96.8 Å². The fourth-order valence-electron chi connectivity index (χ4n) is 9.85. The van der Waals surface area contributed by atoms with Gasteiger partial charge < -0.3 is 38.3 Å². The van der Waals surface area contributed by atoms with Gasteiger partial charge in [-0.05, 0) is 55.3 Å². The first-order valence-corrected chi connectivity index (χ1v) is 19.8. The van der Waals surface area contributed by atoms with E-state index in [0.29, 0.717) is 0 Å². The lowest BCUT2D eigenvalue weighted by Crippen LogP contribution is -2.83. The average molecular weight is 701 g/mol. The number of fused-ring (bicyclic) bond motifs is 4. The summed E-state index contributed by atoms with van der Waals surface area (Å²) in [6.45, 7) is 13.9. The number of aliphatic hydroxyl groups excluding tert-OH is 2. The van der Waals surface area contributed by atoms with Gasteiger partial charge in [0.05, 0.1) is 29.6 Å². The molecular weight excluding hydrogens is 652 g/mol. The summed E-state index contributed by atoms with van der Waals surface area (Å²) in [5, 5.41) is 24.1. The molecule has 3 aliphatic carbocycles. The molecule has 0 aromatic heterocycles. The van der Waals surface area contributed by atoms with Crippen molar-refractivity contribution in [2.24, 2.45) is 16.7 Å². The zero-order chi connectivity index (χ0) is 35.9. The number of esters is 2. The van der Waals surface area contributed by atoms with Crippen LogP contribution < -0.4 is 0 Å². The van der Waals surface area contributed by atoms with Gasteiger partial charge in [0, 0.05) is 18.8 Å². The Hall–Kier alpha value is -3.10. The molecule has 0 unspecified atom stereocenters. The summed E-state index contributed by atoms with van der Waals surface area (Å²) in [4.78, 5) is 55.9. The first-order chi connectivity index (χ1) is 23.0. The molecule has 1 aromatic rings. The molecule has 13 heteroatoms. The number of carbonyl (C=O) groups excluding carboxylic acids is 4. The number of hydrogen-bond donors (Lipinski definition) is 2. The first-order valence-electron chi connectivity index (χ1n) is 17.3. The fraction of sp³-hybridized carbons (Fsp3) is 0.667. The van der Waals surface area contributed by atoms with Gasteiger partial charge in [0.15, 0.2) is 31.9 Å². The third-order valence-electron chi connectivity index (χ3n) is 12.7. The molecule has 2 saturated carbocycles. The molecule has 2 saturated heterocycles. The van der Waals surface area contributed by atoms with E-state index in [1.165, 1.54) is 6.92 Å². The van der Waals surface area contributed by atoms with Gasteiger partial charge >= 0.3 is 18.1 Å². The number of rotatable bonds is 8. The van der Waals surface area contributed by atoms with Gasteiger partial charge in [-0.1, -0.05) is 52.8 Å². The zero-order valence-electron chi connectivity index (χ0n) is 29.4. The van der Waals surface area contributed by atoms with Gasteiger partial charge in [-0.25, -0.2) is 9.59 Å². The van der Waals surface area contributed by atoms with Crippen LogP contribution >= 0.6 is 0 Å². The second-order valence-corrected chi connectivity index (χ2v) is 19.7. The molecule has 10 atom stereocenters. The second-order valence-electron chi connectivity index (χ2n) is 15.0. The van der Waals surface area contributed by atoms with Crippen molar-refractivity contribution >= 4 is 32.2 Å². The van der Waals surface area contributed by atoms with Gasteiger partial charge in [-0.15, -0.1) is 0 Å². The monoisotopic (exact) mass is 700 g/mol. The van der Waals surface area contributed by atoms with E-state index in [2.05, 4.69) is 20.8 Å². The molecule has 1 spiro atoms. The molecule has 268 valence electrons. The van der Waals surface area contributed by atoms with Crippen molar-refractivity contribution in [1.82, 2.24) is 0 Å². The van der Waals surface area contributed by atoms with Crippen LogP contribution in [0.4, 0.5) is 4.79 Å². The van der Waals surface area contributed by atoms with Crippen LogP contribution in [0.2, 0.25) is 18.1 Å². The Kier molecular flexibility index (Phi) is 8.75. The number of ether oxygens (including phenoxy) is 5. The number of Topliss-reactive ketones (excluding diaryl/α,β-unsaturated/α-hetero) is 1. The molecule has 2 bridgehead atoms. The molecule has 1 aromatic carbocycles. The number of aliphatic hydroxyl groups is 2. The lowest BCUT2D eigenvalue weighted by Gasteiger charge is -2.68. The van der Waals surface area contributed by atoms with Gasteiger partial charge in [-0.3, -0.25) is 9.59 Å². The topological polar surface area (TPSA) is 164 Å². The maximum atomic E-state index is 15.3. The maximum Gasteiger partial charge on any atom is 0.509 e. The second kappa shape index (κ2) is 12.0. The maximum absolute atomic E-state index is 15.3. The molecular formula is C36H48O12Si. The van der Waals surface area contributed by atoms with Crippen molar-refractivity contribution in [2.45, 2.75) is 128 Å². The van der Waals surface area contributed by atoms with Crippen LogP contribution in [0, 0.1) is 16.7 Å². The van der Waals surface area contributed by atoms with Crippen LogP contribution in [0.15, 0.2) is 41.5 Å². The summed E-state index contributed by atoms with van der Waals surface area (Å²) in [5.74, 6) is -3.39. The van der Waals surface area contributed by atoms with Crippen molar-refractivity contribution in [3.63, 3.8) is 0 Å². The molecule has 6 rings (SSSR count). The predicted octanol–water partition coefficient (Wildman–Crippen LogP) is 4.26. The summed E-state index contributed by atoms with van der Waals surface area (Å²) in [6, 6.07) is 10.5. The summed E-state index contributed by atoms with van der Waals surface area (Å²) >= 11 is 0. The van der Waals surface area contributed by atoms with Gasteiger partial charge in [0.2, 0.25) is 5.60 Å². The molecule has 2 aliphatic heterocycles. The lowest BCUT2D eigenvalue weighted by molar-refractivity contribution is -0.344. The van der Waals surface area contributed by atoms with Gasteiger partial charge in [-0.2, -0.15) is 0 Å². The van der Waals surface area contributed by atoms with Crippen molar-refractivity contribution in [3.8, 4) is 0 Å². The van der Waals surface area contributed by atoms with E-state index >= 15 is 4.79 Å². The molecule has 4 fully saturated rings. The quantitative estimate of drug-likeness (QED) is 0.172. The third kappa shape index (κ3) is 4.75. The minimum Gasteiger partial charge on any atom is -0.454 e. The van der Waals surface area contributed by atoms with Crippen LogP contribution in [0.1, 0.15) is 72.2 Å². The van der Waals surface area contributed by atoms with E-state index in [4.69, 9.17) is 28.1 Å². The molecule has 12 nitrogen and oxygen atoms in total. The summed E-state index contributed by atoms with van der Waals surface area (Å²) < 4.78 is 38.0. The Labute approximate surface area is 287 Å². The van der Waals surface area contributed by atoms with E-state index in [0.717, 1.165) is 18.1 Å². The Morgan fingerprint density at radius 3 is 2.20 bits per heavy atom. The Morgan fingerprint density at radius 1 is 1.02 bits per heavy atom. The molecule has 0 amide bonds. The number of ketones is 1. The van der Waals surface area contributed by atoms with E-state index in [1.54, 1.807) is 58.0 Å². The number of hydrogen-bond acceptors (Lipinski definition) is 12. The highest BCUT2D eigenvalue weighted by Gasteiger charge is 2.82. The van der Waals surface area contributed by atoms with Crippen molar-refractivity contribution < 1.29 is 57.5 Å². The Balaban J connectivity index is 1.71. The smallest absolute Gasteiger partial charge is 0.454 e. The molecule has 2 heterocycles. The van der Waals surface area contributed by atoms with E-state index in [1.807, 2.05) is 0 Å². The molecule has 0 radical (unpaired) electrons. The van der Waals surface area contributed by atoms with Crippen molar-refractivity contribution in [2.75, 3.05) is 6.61 Å². The zero-order valence-corrected chi connectivity index (χ0v) is 30.4. The first kappa shape index (κ1) is 35.7. The van der Waals surface area contributed by atoms with Crippen LogP contribution in [0.3, 0.4) is 0 Å². The minimum atomic E-state index is -2.49. The van der Waals surface area contributed by atoms with E-state index in [-0.39, 0.29) is 29.7 Å². The Bertz CT molecular complexity index is 1560. The molecule has 49 heavy (non-hydrogen) atoms. The lowest BCUT2D eigenvalue weighted by atomic mass is 9.44. The standard InChI is InChI=1S/C36H48O12Si/c1-9-49(10-2,11-3)48-22-17-23-35(18-43-23,46-20(5)37)27-30(44-31(41)21-15-13-12-14-16-21)36-29(45-32(42)47-36)25(38)19(4)24(33(36,6)7)26(39)28(40)34(22,27)8/h12-16,22-23,25-27,29-30,38-39H,9-11,17-18H2,1-8H3/t22-,23+,25+,26+,27-,29-,30-,34+,35-,36+/m0/s1.